The number of anilines is 2. The zero-order chi connectivity index (χ0) is 17.9. The molecule has 0 fully saturated rings. The highest BCUT2D eigenvalue weighted by Gasteiger charge is 2.17. The maximum atomic E-state index is 5.57. The van der Waals surface area contributed by atoms with Gasteiger partial charge in [0.05, 0.1) is 19.8 Å². The van der Waals surface area contributed by atoms with Crippen LogP contribution in [0.15, 0.2) is 40.9 Å². The van der Waals surface area contributed by atoms with E-state index in [0.29, 0.717) is 47.6 Å². The molecule has 0 aliphatic carbocycles. The molecule has 134 valence electrons. The Morgan fingerprint density at radius 3 is 2.65 bits per heavy atom. The van der Waals surface area contributed by atoms with E-state index in [0.717, 1.165) is 5.69 Å². The zero-order valence-corrected chi connectivity index (χ0v) is 14.3. The van der Waals surface area contributed by atoms with E-state index in [2.05, 4.69) is 15.5 Å². The lowest BCUT2D eigenvalue weighted by atomic mass is 10.2. The molecule has 1 N–H and O–H groups in total. The highest BCUT2D eigenvalue weighted by Crippen LogP contribution is 2.37. The smallest absolute Gasteiger partial charge is 0.326 e. The third kappa shape index (κ3) is 2.97. The molecule has 1 aliphatic heterocycles. The van der Waals surface area contributed by atoms with Crippen LogP contribution in [0.3, 0.4) is 0 Å². The van der Waals surface area contributed by atoms with E-state index in [9.17, 15) is 0 Å². The second-order valence-corrected chi connectivity index (χ2v) is 5.45. The molecule has 0 radical (unpaired) electrons. The second-order valence-electron chi connectivity index (χ2n) is 5.45. The average Bonchev–Trinajstić information content (AvgIpc) is 3.15. The first-order valence-corrected chi connectivity index (χ1v) is 8.00. The molecular weight excluding hydrogens is 338 g/mol. The van der Waals surface area contributed by atoms with Gasteiger partial charge in [-0.05, 0) is 24.3 Å². The molecule has 2 heterocycles. The SMILES string of the molecule is COc1cccc(-c2noc(Nc3ccc4c(c3)OCCO4)n2)c1OC. The minimum atomic E-state index is 0.251. The number of aromatic nitrogens is 2. The molecule has 8 heteroatoms. The molecule has 3 aromatic rings. The molecule has 0 saturated carbocycles. The molecular formula is C18H17N3O5. The van der Waals surface area contributed by atoms with Crippen molar-refractivity contribution in [1.82, 2.24) is 10.1 Å². The van der Waals surface area contributed by atoms with Crippen LogP contribution in [-0.2, 0) is 0 Å². The van der Waals surface area contributed by atoms with Crippen molar-refractivity contribution in [2.75, 3.05) is 32.8 Å². The fourth-order valence-electron chi connectivity index (χ4n) is 2.69. The third-order valence-electron chi connectivity index (χ3n) is 3.86. The van der Waals surface area contributed by atoms with E-state index < -0.39 is 0 Å². The molecule has 1 aromatic heterocycles. The highest BCUT2D eigenvalue weighted by molar-refractivity contribution is 5.69. The van der Waals surface area contributed by atoms with E-state index in [4.69, 9.17) is 23.5 Å². The topological polar surface area (TPSA) is 87.9 Å². The summed E-state index contributed by atoms with van der Waals surface area (Å²) in [7, 11) is 3.14. The summed E-state index contributed by atoms with van der Waals surface area (Å²) in [4.78, 5) is 4.38. The maximum Gasteiger partial charge on any atom is 0.326 e. The van der Waals surface area contributed by atoms with E-state index in [-0.39, 0.29) is 6.01 Å². The number of hydrogen-bond donors (Lipinski definition) is 1. The van der Waals surface area contributed by atoms with Crippen LogP contribution in [-0.4, -0.2) is 37.6 Å². The maximum absolute atomic E-state index is 5.57. The van der Waals surface area contributed by atoms with Gasteiger partial charge in [0.1, 0.15) is 13.2 Å². The Morgan fingerprint density at radius 2 is 1.85 bits per heavy atom. The molecule has 4 rings (SSSR count). The molecule has 0 amide bonds. The van der Waals surface area contributed by atoms with Crippen LogP contribution in [0.5, 0.6) is 23.0 Å². The third-order valence-corrected chi connectivity index (χ3v) is 3.86. The van der Waals surface area contributed by atoms with Crippen molar-refractivity contribution < 1.29 is 23.5 Å². The first-order chi connectivity index (χ1) is 12.8. The summed E-state index contributed by atoms with van der Waals surface area (Å²) in [6.45, 7) is 1.08. The summed E-state index contributed by atoms with van der Waals surface area (Å²) < 4.78 is 27.1. The molecule has 0 saturated heterocycles. The Kier molecular flexibility index (Phi) is 4.22. The van der Waals surface area contributed by atoms with Crippen LogP contribution in [0.4, 0.5) is 11.7 Å². The van der Waals surface area contributed by atoms with Gasteiger partial charge >= 0.3 is 6.01 Å². The first kappa shape index (κ1) is 16.1. The van der Waals surface area contributed by atoms with Gasteiger partial charge in [-0.1, -0.05) is 11.2 Å². The second kappa shape index (κ2) is 6.83. The van der Waals surface area contributed by atoms with Gasteiger partial charge in [-0.2, -0.15) is 4.98 Å². The number of methoxy groups -OCH3 is 2. The fourth-order valence-corrected chi connectivity index (χ4v) is 2.69. The number of fused-ring (bicyclic) bond motifs is 1. The van der Waals surface area contributed by atoms with E-state index >= 15 is 0 Å². The predicted octanol–water partition coefficient (Wildman–Crippen LogP) is 3.27. The van der Waals surface area contributed by atoms with Gasteiger partial charge < -0.3 is 28.8 Å². The van der Waals surface area contributed by atoms with Crippen LogP contribution in [0, 0.1) is 0 Å². The number of benzene rings is 2. The first-order valence-electron chi connectivity index (χ1n) is 8.00. The Morgan fingerprint density at radius 1 is 1.00 bits per heavy atom. The van der Waals surface area contributed by atoms with Crippen LogP contribution < -0.4 is 24.3 Å². The molecule has 0 bridgehead atoms. The van der Waals surface area contributed by atoms with Crippen LogP contribution in [0.1, 0.15) is 0 Å². The lowest BCUT2D eigenvalue weighted by Crippen LogP contribution is -2.15. The Labute approximate surface area is 149 Å². The zero-order valence-electron chi connectivity index (χ0n) is 14.3. The van der Waals surface area contributed by atoms with Gasteiger partial charge in [0.15, 0.2) is 23.0 Å². The molecule has 0 spiro atoms. The Bertz CT molecular complexity index is 925. The van der Waals surface area contributed by atoms with Crippen molar-refractivity contribution in [3.8, 4) is 34.4 Å². The number of para-hydroxylation sites is 1. The lowest BCUT2D eigenvalue weighted by molar-refractivity contribution is 0.171. The normalized spacial score (nSPS) is 12.5. The lowest BCUT2D eigenvalue weighted by Gasteiger charge is -2.18. The van der Waals surface area contributed by atoms with Crippen LogP contribution in [0.25, 0.3) is 11.4 Å². The standard InChI is InChI=1S/C18H17N3O5/c1-22-14-5-3-4-12(16(14)23-2)17-20-18(26-21-17)19-11-6-7-13-15(10-11)25-9-8-24-13/h3-7,10H,8-9H2,1-2H3,(H,19,20,21). The monoisotopic (exact) mass is 355 g/mol. The molecule has 0 unspecified atom stereocenters. The minimum Gasteiger partial charge on any atom is -0.493 e. The number of ether oxygens (including phenoxy) is 4. The van der Waals surface area contributed by atoms with E-state index in [1.807, 2.05) is 30.3 Å². The van der Waals surface area contributed by atoms with Gasteiger partial charge in [0, 0.05) is 11.8 Å². The summed E-state index contributed by atoms with van der Waals surface area (Å²) in [5.74, 6) is 2.92. The van der Waals surface area contributed by atoms with Gasteiger partial charge in [0.2, 0.25) is 5.82 Å². The van der Waals surface area contributed by atoms with Gasteiger partial charge in [-0.3, -0.25) is 0 Å². The number of hydrogen-bond acceptors (Lipinski definition) is 8. The fraction of sp³-hybridized carbons (Fsp3) is 0.222. The predicted molar refractivity (Wildman–Crippen MR) is 93.6 cm³/mol. The van der Waals surface area contributed by atoms with Crippen molar-refractivity contribution in [2.45, 2.75) is 0 Å². The Balaban J connectivity index is 1.59. The average molecular weight is 355 g/mol. The van der Waals surface area contributed by atoms with E-state index in [1.54, 1.807) is 20.3 Å². The number of rotatable bonds is 5. The summed E-state index contributed by atoms with van der Waals surface area (Å²) in [6, 6.07) is 11.2. The molecule has 8 nitrogen and oxygen atoms in total. The van der Waals surface area contributed by atoms with Crippen LogP contribution in [0.2, 0.25) is 0 Å². The largest absolute Gasteiger partial charge is 0.493 e. The van der Waals surface area contributed by atoms with Crippen molar-refractivity contribution >= 4 is 11.7 Å². The number of nitrogens with zero attached hydrogens (tertiary/aromatic N) is 2. The number of nitrogens with one attached hydrogen (secondary N) is 1. The van der Waals surface area contributed by atoms with Gasteiger partial charge in [-0.15, -0.1) is 0 Å². The van der Waals surface area contributed by atoms with Gasteiger partial charge in [0.25, 0.3) is 0 Å². The molecule has 1 aliphatic rings. The minimum absolute atomic E-state index is 0.251. The van der Waals surface area contributed by atoms with Crippen LogP contribution >= 0.6 is 0 Å². The van der Waals surface area contributed by atoms with E-state index in [1.165, 1.54) is 0 Å². The highest BCUT2D eigenvalue weighted by atomic mass is 16.6. The van der Waals surface area contributed by atoms with Crippen molar-refractivity contribution in [3.05, 3.63) is 36.4 Å². The molecule has 2 aromatic carbocycles. The van der Waals surface area contributed by atoms with Crippen molar-refractivity contribution in [3.63, 3.8) is 0 Å². The molecule has 0 atom stereocenters. The van der Waals surface area contributed by atoms with Crippen molar-refractivity contribution in [2.24, 2.45) is 0 Å². The quantitative estimate of drug-likeness (QED) is 0.746. The Hall–Kier alpha value is -3.42. The summed E-state index contributed by atoms with van der Waals surface area (Å²) in [6.07, 6.45) is 0. The summed E-state index contributed by atoms with van der Waals surface area (Å²) >= 11 is 0. The summed E-state index contributed by atoms with van der Waals surface area (Å²) in [5.41, 5.74) is 1.42. The van der Waals surface area contributed by atoms with Gasteiger partial charge in [-0.25, -0.2) is 0 Å². The molecule has 26 heavy (non-hydrogen) atoms. The summed E-state index contributed by atoms with van der Waals surface area (Å²) in [5, 5.41) is 7.08. The van der Waals surface area contributed by atoms with Crippen molar-refractivity contribution in [1.29, 1.82) is 0 Å².